The summed E-state index contributed by atoms with van der Waals surface area (Å²) in [6.07, 6.45) is 4.40. The first-order valence-corrected chi connectivity index (χ1v) is 5.45. The van der Waals surface area contributed by atoms with Gasteiger partial charge in [-0.05, 0) is 24.2 Å². The zero-order chi connectivity index (χ0) is 9.31. The molecule has 2 rings (SSSR count). The number of hydrogen-bond acceptors (Lipinski definition) is 2. The van der Waals surface area contributed by atoms with Crippen molar-refractivity contribution < 1.29 is 4.74 Å². The van der Waals surface area contributed by atoms with E-state index in [1.165, 1.54) is 32.4 Å². The van der Waals surface area contributed by atoms with Crippen LogP contribution in [0.15, 0.2) is 0 Å². The average molecular weight is 183 g/mol. The molecule has 76 valence electrons. The second kappa shape index (κ2) is 3.58. The van der Waals surface area contributed by atoms with Gasteiger partial charge < -0.3 is 4.74 Å². The summed E-state index contributed by atoms with van der Waals surface area (Å²) >= 11 is 0. The van der Waals surface area contributed by atoms with Gasteiger partial charge in [0.15, 0.2) is 0 Å². The molecule has 1 aliphatic carbocycles. The lowest BCUT2D eigenvalue weighted by Gasteiger charge is -2.48. The highest BCUT2D eigenvalue weighted by Crippen LogP contribution is 2.47. The van der Waals surface area contributed by atoms with Crippen molar-refractivity contribution in [1.29, 1.82) is 0 Å². The van der Waals surface area contributed by atoms with Crippen LogP contribution >= 0.6 is 0 Å². The summed E-state index contributed by atoms with van der Waals surface area (Å²) in [5.74, 6) is 0.976. The molecule has 1 spiro atoms. The number of rotatable bonds is 3. The molecule has 1 unspecified atom stereocenters. The van der Waals surface area contributed by atoms with E-state index in [0.29, 0.717) is 0 Å². The first-order chi connectivity index (χ1) is 6.24. The molecule has 0 bridgehead atoms. The SMILES string of the molecule is COCCN1CC2(CCC(C)C2)C1. The lowest BCUT2D eigenvalue weighted by atomic mass is 9.78. The smallest absolute Gasteiger partial charge is 0.0589 e. The second-order valence-electron chi connectivity index (χ2n) is 5.05. The molecule has 13 heavy (non-hydrogen) atoms. The first-order valence-electron chi connectivity index (χ1n) is 5.45. The molecule has 0 aromatic carbocycles. The highest BCUT2D eigenvalue weighted by atomic mass is 16.5. The van der Waals surface area contributed by atoms with Gasteiger partial charge in [0, 0.05) is 26.7 Å². The summed E-state index contributed by atoms with van der Waals surface area (Å²) in [5.41, 5.74) is 0.729. The summed E-state index contributed by atoms with van der Waals surface area (Å²) in [7, 11) is 1.78. The van der Waals surface area contributed by atoms with Crippen molar-refractivity contribution in [2.45, 2.75) is 26.2 Å². The van der Waals surface area contributed by atoms with E-state index in [2.05, 4.69) is 11.8 Å². The standard InChI is InChI=1S/C11H21NO/c1-10-3-4-11(7-10)8-12(9-11)5-6-13-2/h10H,3-9H2,1-2H3. The van der Waals surface area contributed by atoms with Gasteiger partial charge in [-0.15, -0.1) is 0 Å². The molecule has 2 nitrogen and oxygen atoms in total. The van der Waals surface area contributed by atoms with E-state index in [1.54, 1.807) is 7.11 Å². The van der Waals surface area contributed by atoms with Crippen molar-refractivity contribution >= 4 is 0 Å². The van der Waals surface area contributed by atoms with E-state index in [0.717, 1.165) is 24.5 Å². The Balaban J connectivity index is 1.71. The van der Waals surface area contributed by atoms with Crippen LogP contribution in [-0.4, -0.2) is 38.3 Å². The first kappa shape index (κ1) is 9.47. The van der Waals surface area contributed by atoms with Gasteiger partial charge in [-0.1, -0.05) is 13.3 Å². The fraction of sp³-hybridized carbons (Fsp3) is 1.00. The molecule has 1 saturated heterocycles. The van der Waals surface area contributed by atoms with E-state index >= 15 is 0 Å². The van der Waals surface area contributed by atoms with E-state index in [9.17, 15) is 0 Å². The van der Waals surface area contributed by atoms with Gasteiger partial charge in [-0.2, -0.15) is 0 Å². The third kappa shape index (κ3) is 1.89. The Hall–Kier alpha value is -0.0800. The van der Waals surface area contributed by atoms with Crippen molar-refractivity contribution in [2.75, 3.05) is 33.4 Å². The number of methoxy groups -OCH3 is 1. The van der Waals surface area contributed by atoms with Crippen LogP contribution in [-0.2, 0) is 4.74 Å². The molecule has 2 heteroatoms. The quantitative estimate of drug-likeness (QED) is 0.661. The van der Waals surface area contributed by atoms with Gasteiger partial charge >= 0.3 is 0 Å². The Kier molecular flexibility index (Phi) is 2.61. The predicted molar refractivity (Wildman–Crippen MR) is 53.8 cm³/mol. The van der Waals surface area contributed by atoms with Crippen LogP contribution in [0, 0.1) is 11.3 Å². The summed E-state index contributed by atoms with van der Waals surface area (Å²) in [6, 6.07) is 0. The number of hydrogen-bond donors (Lipinski definition) is 0. The number of nitrogens with zero attached hydrogens (tertiary/aromatic N) is 1. The maximum atomic E-state index is 5.08. The lowest BCUT2D eigenvalue weighted by molar-refractivity contribution is -0.0111. The third-order valence-corrected chi connectivity index (χ3v) is 3.68. The topological polar surface area (TPSA) is 12.5 Å². The van der Waals surface area contributed by atoms with Gasteiger partial charge in [0.1, 0.15) is 0 Å². The minimum atomic E-state index is 0.729. The normalized spacial score (nSPS) is 32.3. The van der Waals surface area contributed by atoms with Crippen molar-refractivity contribution in [3.8, 4) is 0 Å². The molecule has 0 aromatic rings. The molecule has 0 aromatic heterocycles. The van der Waals surface area contributed by atoms with Gasteiger partial charge in [-0.3, -0.25) is 4.90 Å². The molecular weight excluding hydrogens is 162 g/mol. The van der Waals surface area contributed by atoms with E-state index in [-0.39, 0.29) is 0 Å². The molecule has 1 atom stereocenters. The Morgan fingerprint density at radius 3 is 2.77 bits per heavy atom. The molecule has 1 aliphatic heterocycles. The maximum Gasteiger partial charge on any atom is 0.0589 e. The van der Waals surface area contributed by atoms with Crippen LogP contribution in [0.2, 0.25) is 0 Å². The minimum absolute atomic E-state index is 0.729. The molecule has 0 amide bonds. The van der Waals surface area contributed by atoms with Crippen LogP contribution in [0.5, 0.6) is 0 Å². The van der Waals surface area contributed by atoms with E-state index in [1.807, 2.05) is 0 Å². The fourth-order valence-corrected chi connectivity index (χ4v) is 3.06. The van der Waals surface area contributed by atoms with Crippen LogP contribution in [0.4, 0.5) is 0 Å². The molecule has 0 radical (unpaired) electrons. The molecule has 1 saturated carbocycles. The third-order valence-electron chi connectivity index (χ3n) is 3.68. The fourth-order valence-electron chi connectivity index (χ4n) is 3.06. The predicted octanol–water partition coefficient (Wildman–Crippen LogP) is 1.75. The maximum absolute atomic E-state index is 5.08. The van der Waals surface area contributed by atoms with Gasteiger partial charge in [0.05, 0.1) is 6.61 Å². The summed E-state index contributed by atoms with van der Waals surface area (Å²) < 4.78 is 5.08. The Bertz CT molecular complexity index is 175. The van der Waals surface area contributed by atoms with Crippen LogP contribution < -0.4 is 0 Å². The number of ether oxygens (including phenoxy) is 1. The highest BCUT2D eigenvalue weighted by molar-refractivity contribution is 4.99. The van der Waals surface area contributed by atoms with E-state index < -0.39 is 0 Å². The largest absolute Gasteiger partial charge is 0.383 e. The van der Waals surface area contributed by atoms with Crippen LogP contribution in [0.25, 0.3) is 0 Å². The average Bonchev–Trinajstić information content (AvgIpc) is 2.42. The van der Waals surface area contributed by atoms with E-state index in [4.69, 9.17) is 4.74 Å². The van der Waals surface area contributed by atoms with Gasteiger partial charge in [0.2, 0.25) is 0 Å². The molecule has 2 aliphatic rings. The van der Waals surface area contributed by atoms with Crippen molar-refractivity contribution in [2.24, 2.45) is 11.3 Å². The van der Waals surface area contributed by atoms with Crippen molar-refractivity contribution in [3.05, 3.63) is 0 Å². The lowest BCUT2D eigenvalue weighted by Crippen LogP contribution is -2.55. The Morgan fingerprint density at radius 2 is 2.23 bits per heavy atom. The molecule has 2 fully saturated rings. The Labute approximate surface area is 81.3 Å². The van der Waals surface area contributed by atoms with Gasteiger partial charge in [-0.25, -0.2) is 0 Å². The summed E-state index contributed by atoms with van der Waals surface area (Å²) in [5, 5.41) is 0. The highest BCUT2D eigenvalue weighted by Gasteiger charge is 2.46. The minimum Gasteiger partial charge on any atom is -0.383 e. The van der Waals surface area contributed by atoms with Crippen molar-refractivity contribution in [1.82, 2.24) is 4.90 Å². The van der Waals surface area contributed by atoms with Crippen LogP contribution in [0.3, 0.4) is 0 Å². The molecule has 1 heterocycles. The zero-order valence-electron chi connectivity index (χ0n) is 8.88. The van der Waals surface area contributed by atoms with Gasteiger partial charge in [0.25, 0.3) is 0 Å². The summed E-state index contributed by atoms with van der Waals surface area (Å²) in [4.78, 5) is 2.53. The Morgan fingerprint density at radius 1 is 1.46 bits per heavy atom. The van der Waals surface area contributed by atoms with Crippen molar-refractivity contribution in [3.63, 3.8) is 0 Å². The molecule has 0 N–H and O–H groups in total. The molecular formula is C11H21NO. The van der Waals surface area contributed by atoms with Crippen LogP contribution in [0.1, 0.15) is 26.2 Å². The number of likely N-dealkylation sites (tertiary alicyclic amines) is 1. The zero-order valence-corrected chi connectivity index (χ0v) is 8.88. The monoisotopic (exact) mass is 183 g/mol. The second-order valence-corrected chi connectivity index (χ2v) is 5.05. The summed E-state index contributed by atoms with van der Waals surface area (Å²) in [6.45, 7) is 7.09.